The van der Waals surface area contributed by atoms with E-state index < -0.39 is 10.0 Å². The van der Waals surface area contributed by atoms with Gasteiger partial charge in [-0.25, -0.2) is 13.1 Å². The molecule has 1 rings (SSSR count). The summed E-state index contributed by atoms with van der Waals surface area (Å²) in [5.41, 5.74) is 5.84. The monoisotopic (exact) mass is 278 g/mol. The first-order valence-electron chi connectivity index (χ1n) is 5.02. The van der Waals surface area contributed by atoms with Gasteiger partial charge in [0.05, 0.1) is 5.02 Å². The lowest BCUT2D eigenvalue weighted by atomic mass is 10.2. The van der Waals surface area contributed by atoms with Gasteiger partial charge < -0.3 is 10.8 Å². The van der Waals surface area contributed by atoms with Crippen LogP contribution in [0.25, 0.3) is 0 Å². The van der Waals surface area contributed by atoms with E-state index in [1.54, 1.807) is 6.92 Å². The Morgan fingerprint density at radius 3 is 2.76 bits per heavy atom. The summed E-state index contributed by atoms with van der Waals surface area (Å²) in [6, 6.07) is 4.26. The minimum atomic E-state index is -3.69. The highest BCUT2D eigenvalue weighted by atomic mass is 35.5. The molecule has 0 saturated heterocycles. The number of aliphatic hydroxyl groups is 1. The first kappa shape index (κ1) is 14.2. The Labute approximate surface area is 106 Å². The SMILES string of the molecule is CC(CO)CNS(=O)(=O)c1cc(N)ccc1Cl. The zero-order chi connectivity index (χ0) is 13.1. The van der Waals surface area contributed by atoms with Gasteiger partial charge >= 0.3 is 0 Å². The van der Waals surface area contributed by atoms with E-state index in [2.05, 4.69) is 4.72 Å². The number of hydrogen-bond acceptors (Lipinski definition) is 4. The molecule has 1 atom stereocenters. The van der Waals surface area contributed by atoms with Gasteiger partial charge in [0, 0.05) is 18.8 Å². The van der Waals surface area contributed by atoms with Gasteiger partial charge in [-0.05, 0) is 24.1 Å². The Bertz CT molecular complexity index is 490. The molecule has 1 aromatic carbocycles. The van der Waals surface area contributed by atoms with Crippen molar-refractivity contribution in [1.82, 2.24) is 4.72 Å². The third-order valence-electron chi connectivity index (χ3n) is 2.18. The van der Waals surface area contributed by atoms with Gasteiger partial charge in [0.15, 0.2) is 0 Å². The molecule has 0 saturated carbocycles. The maximum absolute atomic E-state index is 11.9. The van der Waals surface area contributed by atoms with Gasteiger partial charge in [-0.2, -0.15) is 0 Å². The second-order valence-electron chi connectivity index (χ2n) is 3.83. The van der Waals surface area contributed by atoms with Crippen LogP contribution in [0.3, 0.4) is 0 Å². The molecule has 5 nitrogen and oxygen atoms in total. The number of rotatable bonds is 5. The molecule has 4 N–H and O–H groups in total. The van der Waals surface area contributed by atoms with Crippen molar-refractivity contribution in [2.24, 2.45) is 5.92 Å². The van der Waals surface area contributed by atoms with Crippen molar-refractivity contribution < 1.29 is 13.5 Å². The number of nitrogens with two attached hydrogens (primary N) is 1. The number of anilines is 1. The molecule has 0 amide bonds. The van der Waals surface area contributed by atoms with Crippen molar-refractivity contribution in [3.63, 3.8) is 0 Å². The van der Waals surface area contributed by atoms with Crippen molar-refractivity contribution in [2.45, 2.75) is 11.8 Å². The van der Waals surface area contributed by atoms with Gasteiger partial charge in [-0.15, -0.1) is 0 Å². The number of halogens is 1. The third-order valence-corrected chi connectivity index (χ3v) is 4.08. The second kappa shape index (κ2) is 5.68. The second-order valence-corrected chi connectivity index (χ2v) is 5.97. The van der Waals surface area contributed by atoms with Gasteiger partial charge in [0.2, 0.25) is 10.0 Å². The van der Waals surface area contributed by atoms with Gasteiger partial charge in [-0.1, -0.05) is 18.5 Å². The van der Waals surface area contributed by atoms with Crippen LogP contribution >= 0.6 is 11.6 Å². The topological polar surface area (TPSA) is 92.4 Å². The zero-order valence-electron chi connectivity index (χ0n) is 9.35. The molecule has 0 aliphatic heterocycles. The Balaban J connectivity index is 2.93. The van der Waals surface area contributed by atoms with Crippen molar-refractivity contribution in [3.8, 4) is 0 Å². The highest BCUT2D eigenvalue weighted by molar-refractivity contribution is 7.89. The molecular formula is C10H15ClN2O3S. The first-order valence-corrected chi connectivity index (χ1v) is 6.88. The molecule has 1 aromatic rings. The lowest BCUT2D eigenvalue weighted by Gasteiger charge is -2.11. The van der Waals surface area contributed by atoms with Gasteiger partial charge in [-0.3, -0.25) is 0 Å². The summed E-state index contributed by atoms with van der Waals surface area (Å²) in [6.45, 7) is 1.78. The lowest BCUT2D eigenvalue weighted by molar-refractivity contribution is 0.238. The fourth-order valence-electron chi connectivity index (χ4n) is 1.12. The summed E-state index contributed by atoms with van der Waals surface area (Å²) in [5.74, 6) is -0.162. The maximum Gasteiger partial charge on any atom is 0.242 e. The van der Waals surface area contributed by atoms with Crippen LogP contribution in [0.4, 0.5) is 5.69 Å². The van der Waals surface area contributed by atoms with Crippen molar-refractivity contribution >= 4 is 27.3 Å². The van der Waals surface area contributed by atoms with Crippen molar-refractivity contribution in [2.75, 3.05) is 18.9 Å². The maximum atomic E-state index is 11.9. The molecule has 7 heteroatoms. The summed E-state index contributed by atoms with van der Waals surface area (Å²) in [7, 11) is -3.69. The van der Waals surface area contributed by atoms with Gasteiger partial charge in [0.25, 0.3) is 0 Å². The molecular weight excluding hydrogens is 264 g/mol. The van der Waals surface area contributed by atoms with Crippen LogP contribution in [0.2, 0.25) is 5.02 Å². The molecule has 17 heavy (non-hydrogen) atoms. The largest absolute Gasteiger partial charge is 0.399 e. The number of benzene rings is 1. The average molecular weight is 279 g/mol. The predicted molar refractivity (Wildman–Crippen MR) is 67.3 cm³/mol. The van der Waals surface area contributed by atoms with E-state index in [0.717, 1.165) is 0 Å². The van der Waals surface area contributed by atoms with E-state index in [1.807, 2.05) is 0 Å². The summed E-state index contributed by atoms with van der Waals surface area (Å²) < 4.78 is 26.2. The fraction of sp³-hybridized carbons (Fsp3) is 0.400. The van der Waals surface area contributed by atoms with E-state index in [4.69, 9.17) is 22.4 Å². The smallest absolute Gasteiger partial charge is 0.242 e. The summed E-state index contributed by atoms with van der Waals surface area (Å²) >= 11 is 5.81. The predicted octanol–water partition coefficient (Wildman–Crippen LogP) is 0.829. The van der Waals surface area contributed by atoms with Crippen LogP contribution in [-0.2, 0) is 10.0 Å². The Hall–Kier alpha value is -0.820. The number of hydrogen-bond donors (Lipinski definition) is 3. The molecule has 0 heterocycles. The third kappa shape index (κ3) is 3.85. The van der Waals surface area contributed by atoms with Crippen LogP contribution in [0.5, 0.6) is 0 Å². The average Bonchev–Trinajstić information content (AvgIpc) is 2.29. The lowest BCUT2D eigenvalue weighted by Crippen LogP contribution is -2.29. The minimum Gasteiger partial charge on any atom is -0.399 e. The molecule has 0 spiro atoms. The molecule has 0 radical (unpaired) electrons. The van der Waals surface area contributed by atoms with E-state index in [9.17, 15) is 8.42 Å². The molecule has 0 aromatic heterocycles. The number of nitrogens with one attached hydrogen (secondary N) is 1. The number of sulfonamides is 1. The quantitative estimate of drug-likeness (QED) is 0.696. The van der Waals surface area contributed by atoms with Crippen LogP contribution in [0.1, 0.15) is 6.92 Å². The van der Waals surface area contributed by atoms with E-state index >= 15 is 0 Å². The standard InChI is InChI=1S/C10H15ClN2O3S/c1-7(6-14)5-13-17(15,16)10-4-8(12)2-3-9(10)11/h2-4,7,13-14H,5-6,12H2,1H3. The molecule has 1 unspecified atom stereocenters. The van der Waals surface area contributed by atoms with E-state index in [1.165, 1.54) is 18.2 Å². The molecule has 0 aliphatic rings. The Morgan fingerprint density at radius 2 is 2.18 bits per heavy atom. The molecule has 0 bridgehead atoms. The number of aliphatic hydroxyl groups excluding tert-OH is 1. The molecule has 96 valence electrons. The first-order chi connectivity index (χ1) is 7.86. The summed E-state index contributed by atoms with van der Waals surface area (Å²) in [6.07, 6.45) is 0. The van der Waals surface area contributed by atoms with Crippen LogP contribution < -0.4 is 10.5 Å². The zero-order valence-corrected chi connectivity index (χ0v) is 10.9. The van der Waals surface area contributed by atoms with Crippen LogP contribution in [0, 0.1) is 5.92 Å². The summed E-state index contributed by atoms with van der Waals surface area (Å²) in [4.78, 5) is -0.0516. The van der Waals surface area contributed by atoms with Crippen molar-refractivity contribution in [3.05, 3.63) is 23.2 Å². The number of nitrogen functional groups attached to an aromatic ring is 1. The minimum absolute atomic E-state index is 0.0516. The highest BCUT2D eigenvalue weighted by Crippen LogP contribution is 2.23. The molecule has 0 aliphatic carbocycles. The normalized spacial score (nSPS) is 13.6. The Kier molecular flexibility index (Phi) is 4.76. The van der Waals surface area contributed by atoms with Crippen LogP contribution in [-0.4, -0.2) is 26.7 Å². The van der Waals surface area contributed by atoms with E-state index in [0.29, 0.717) is 5.69 Å². The van der Waals surface area contributed by atoms with E-state index in [-0.39, 0.29) is 29.0 Å². The van der Waals surface area contributed by atoms with Crippen molar-refractivity contribution in [1.29, 1.82) is 0 Å². The van der Waals surface area contributed by atoms with Crippen LogP contribution in [0.15, 0.2) is 23.1 Å². The highest BCUT2D eigenvalue weighted by Gasteiger charge is 2.18. The fourth-order valence-corrected chi connectivity index (χ4v) is 2.82. The van der Waals surface area contributed by atoms with Gasteiger partial charge in [0.1, 0.15) is 4.90 Å². The summed E-state index contributed by atoms with van der Waals surface area (Å²) in [5, 5.41) is 8.93. The Morgan fingerprint density at radius 1 is 1.53 bits per heavy atom. The molecule has 0 fully saturated rings.